The summed E-state index contributed by atoms with van der Waals surface area (Å²) in [4.78, 5) is 6.93. The molecule has 0 saturated carbocycles. The highest BCUT2D eigenvalue weighted by Crippen LogP contribution is 2.30. The van der Waals surface area contributed by atoms with Crippen LogP contribution in [0.1, 0.15) is 37.3 Å². The standard InChI is InChI=1S/C24H34N4O2/c1-4-30-22-13-12-21(16-23(22)29-3)27-24(25-2)26-17-19-10-6-7-11-20(19)18-28-14-8-5-9-15-28/h6-7,10-13,16H,4-5,8-9,14-15,17-18H2,1-3H3,(H2,25,26,27). The summed E-state index contributed by atoms with van der Waals surface area (Å²) in [5.41, 5.74) is 3.57. The van der Waals surface area contributed by atoms with Gasteiger partial charge in [-0.2, -0.15) is 0 Å². The molecule has 6 nitrogen and oxygen atoms in total. The normalized spacial score (nSPS) is 15.0. The molecule has 30 heavy (non-hydrogen) atoms. The smallest absolute Gasteiger partial charge is 0.195 e. The molecule has 1 heterocycles. The van der Waals surface area contributed by atoms with E-state index >= 15 is 0 Å². The summed E-state index contributed by atoms with van der Waals surface area (Å²) in [5, 5.41) is 6.77. The van der Waals surface area contributed by atoms with Gasteiger partial charge in [0.2, 0.25) is 0 Å². The summed E-state index contributed by atoms with van der Waals surface area (Å²) < 4.78 is 11.0. The zero-order valence-electron chi connectivity index (χ0n) is 18.4. The summed E-state index contributed by atoms with van der Waals surface area (Å²) in [7, 11) is 3.43. The van der Waals surface area contributed by atoms with Crippen LogP contribution in [0, 0.1) is 0 Å². The molecule has 0 unspecified atom stereocenters. The molecule has 0 spiro atoms. The summed E-state index contributed by atoms with van der Waals surface area (Å²) >= 11 is 0. The maximum Gasteiger partial charge on any atom is 0.195 e. The third kappa shape index (κ3) is 6.13. The number of methoxy groups -OCH3 is 1. The molecule has 1 saturated heterocycles. The second kappa shape index (κ2) is 11.5. The second-order valence-electron chi connectivity index (χ2n) is 7.45. The summed E-state index contributed by atoms with van der Waals surface area (Å²) in [6.07, 6.45) is 3.98. The molecule has 0 bridgehead atoms. The number of guanidine groups is 1. The molecule has 6 heteroatoms. The Hall–Kier alpha value is -2.73. The van der Waals surface area contributed by atoms with E-state index in [0.29, 0.717) is 18.3 Å². The topological polar surface area (TPSA) is 58.1 Å². The first kappa shape index (κ1) is 22.0. The van der Waals surface area contributed by atoms with Crippen LogP contribution in [0.2, 0.25) is 0 Å². The van der Waals surface area contributed by atoms with Crippen molar-refractivity contribution in [1.82, 2.24) is 10.2 Å². The molecule has 0 radical (unpaired) electrons. The predicted octanol–water partition coefficient (Wildman–Crippen LogP) is 4.27. The molecule has 1 fully saturated rings. The second-order valence-corrected chi connectivity index (χ2v) is 7.45. The number of aliphatic imine (C=N–C) groups is 1. The average molecular weight is 411 g/mol. The van der Waals surface area contributed by atoms with Gasteiger partial charge in [-0.05, 0) is 56.1 Å². The summed E-state index contributed by atoms with van der Waals surface area (Å²) in [5.74, 6) is 2.15. The molecule has 1 aliphatic heterocycles. The zero-order valence-corrected chi connectivity index (χ0v) is 18.4. The van der Waals surface area contributed by atoms with Crippen LogP contribution in [0.3, 0.4) is 0 Å². The van der Waals surface area contributed by atoms with Crippen LogP contribution in [-0.2, 0) is 13.1 Å². The van der Waals surface area contributed by atoms with E-state index in [1.807, 2.05) is 25.1 Å². The molecule has 2 N–H and O–H groups in total. The van der Waals surface area contributed by atoms with Crippen LogP contribution >= 0.6 is 0 Å². The first-order valence-corrected chi connectivity index (χ1v) is 10.8. The third-order valence-electron chi connectivity index (χ3n) is 5.36. The number of nitrogens with one attached hydrogen (secondary N) is 2. The lowest BCUT2D eigenvalue weighted by Gasteiger charge is -2.27. The first-order valence-electron chi connectivity index (χ1n) is 10.8. The Kier molecular flexibility index (Phi) is 8.39. The Balaban J connectivity index is 1.62. The highest BCUT2D eigenvalue weighted by Gasteiger charge is 2.13. The van der Waals surface area contributed by atoms with Crippen molar-refractivity contribution in [3.8, 4) is 11.5 Å². The van der Waals surface area contributed by atoms with E-state index in [-0.39, 0.29) is 0 Å². The summed E-state index contributed by atoms with van der Waals surface area (Å²) in [6.45, 7) is 6.69. The maximum absolute atomic E-state index is 5.59. The molecule has 0 aromatic heterocycles. The minimum Gasteiger partial charge on any atom is -0.493 e. The quantitative estimate of drug-likeness (QED) is 0.503. The fourth-order valence-electron chi connectivity index (χ4n) is 3.76. The van der Waals surface area contributed by atoms with Gasteiger partial charge in [0.15, 0.2) is 17.5 Å². The van der Waals surface area contributed by atoms with Gasteiger partial charge in [0.05, 0.1) is 13.7 Å². The number of hydrogen-bond acceptors (Lipinski definition) is 4. The van der Waals surface area contributed by atoms with Gasteiger partial charge in [-0.3, -0.25) is 9.89 Å². The van der Waals surface area contributed by atoms with Crippen LogP contribution < -0.4 is 20.1 Å². The predicted molar refractivity (Wildman–Crippen MR) is 124 cm³/mol. The minimum absolute atomic E-state index is 0.600. The Labute approximate surface area is 180 Å². The van der Waals surface area contributed by atoms with Crippen molar-refractivity contribution in [2.24, 2.45) is 4.99 Å². The van der Waals surface area contributed by atoms with E-state index in [1.165, 1.54) is 43.5 Å². The lowest BCUT2D eigenvalue weighted by molar-refractivity contribution is 0.220. The molecule has 2 aromatic rings. The van der Waals surface area contributed by atoms with Crippen molar-refractivity contribution >= 4 is 11.6 Å². The van der Waals surface area contributed by atoms with Gasteiger partial charge in [0.1, 0.15) is 0 Å². The zero-order chi connectivity index (χ0) is 21.2. The van der Waals surface area contributed by atoms with Crippen molar-refractivity contribution < 1.29 is 9.47 Å². The number of benzene rings is 2. The fraction of sp³-hybridized carbons (Fsp3) is 0.458. The molecule has 0 amide bonds. The molecular formula is C24H34N4O2. The molecular weight excluding hydrogens is 376 g/mol. The Morgan fingerprint density at radius 3 is 2.50 bits per heavy atom. The van der Waals surface area contributed by atoms with Gasteiger partial charge >= 0.3 is 0 Å². The number of ether oxygens (including phenoxy) is 2. The maximum atomic E-state index is 5.59. The van der Waals surface area contributed by atoms with E-state index in [0.717, 1.165) is 24.5 Å². The highest BCUT2D eigenvalue weighted by molar-refractivity contribution is 5.93. The number of anilines is 1. The van der Waals surface area contributed by atoms with Crippen molar-refractivity contribution in [3.63, 3.8) is 0 Å². The van der Waals surface area contributed by atoms with Crippen LogP contribution in [0.4, 0.5) is 5.69 Å². The van der Waals surface area contributed by atoms with Crippen molar-refractivity contribution in [1.29, 1.82) is 0 Å². The van der Waals surface area contributed by atoms with Gasteiger partial charge < -0.3 is 20.1 Å². The van der Waals surface area contributed by atoms with E-state index in [2.05, 4.69) is 44.8 Å². The SMILES string of the molecule is CCOc1ccc(NC(=NC)NCc2ccccc2CN2CCCCC2)cc1OC. The lowest BCUT2D eigenvalue weighted by atomic mass is 10.0. The van der Waals surface area contributed by atoms with Gasteiger partial charge in [-0.1, -0.05) is 30.7 Å². The molecule has 0 atom stereocenters. The Morgan fingerprint density at radius 2 is 1.80 bits per heavy atom. The number of piperidine rings is 1. The number of nitrogens with zero attached hydrogens (tertiary/aromatic N) is 2. The van der Waals surface area contributed by atoms with Crippen molar-refractivity contribution in [3.05, 3.63) is 53.6 Å². The van der Waals surface area contributed by atoms with Crippen molar-refractivity contribution in [2.75, 3.05) is 39.2 Å². The largest absolute Gasteiger partial charge is 0.493 e. The van der Waals surface area contributed by atoms with Gasteiger partial charge in [-0.25, -0.2) is 0 Å². The third-order valence-corrected chi connectivity index (χ3v) is 5.36. The minimum atomic E-state index is 0.600. The van der Waals surface area contributed by atoms with Gasteiger partial charge in [0, 0.05) is 31.9 Å². The molecule has 0 aliphatic carbocycles. The fourth-order valence-corrected chi connectivity index (χ4v) is 3.76. The molecule has 2 aromatic carbocycles. The number of rotatable bonds is 8. The molecule has 1 aliphatic rings. The van der Waals surface area contributed by atoms with E-state index in [9.17, 15) is 0 Å². The van der Waals surface area contributed by atoms with Crippen LogP contribution in [0.25, 0.3) is 0 Å². The number of hydrogen-bond donors (Lipinski definition) is 2. The van der Waals surface area contributed by atoms with Gasteiger partial charge in [0.25, 0.3) is 0 Å². The van der Waals surface area contributed by atoms with Crippen LogP contribution in [-0.4, -0.2) is 44.7 Å². The average Bonchev–Trinajstić information content (AvgIpc) is 2.79. The van der Waals surface area contributed by atoms with Gasteiger partial charge in [-0.15, -0.1) is 0 Å². The lowest BCUT2D eigenvalue weighted by Crippen LogP contribution is -2.32. The van der Waals surface area contributed by atoms with E-state index < -0.39 is 0 Å². The summed E-state index contributed by atoms with van der Waals surface area (Å²) in [6, 6.07) is 14.4. The monoisotopic (exact) mass is 410 g/mol. The Bertz CT molecular complexity index is 832. The van der Waals surface area contributed by atoms with Crippen molar-refractivity contribution in [2.45, 2.75) is 39.3 Å². The van der Waals surface area contributed by atoms with E-state index in [1.54, 1.807) is 14.2 Å². The molecule has 162 valence electrons. The highest BCUT2D eigenvalue weighted by atomic mass is 16.5. The molecule has 3 rings (SSSR count). The number of likely N-dealkylation sites (tertiary alicyclic amines) is 1. The van der Waals surface area contributed by atoms with E-state index in [4.69, 9.17) is 9.47 Å². The Morgan fingerprint density at radius 1 is 1.03 bits per heavy atom. The van der Waals surface area contributed by atoms with Crippen LogP contribution in [0.5, 0.6) is 11.5 Å². The first-order chi connectivity index (χ1) is 14.7. The van der Waals surface area contributed by atoms with Crippen LogP contribution in [0.15, 0.2) is 47.5 Å².